The Morgan fingerprint density at radius 3 is 1.39 bits per heavy atom. The molecule has 0 aromatic heterocycles. The fourth-order valence-corrected chi connectivity index (χ4v) is 5.19. The van der Waals surface area contributed by atoms with Gasteiger partial charge in [0.1, 0.15) is 23.7 Å². The van der Waals surface area contributed by atoms with Gasteiger partial charge in [-0.3, -0.25) is 0 Å². The van der Waals surface area contributed by atoms with Gasteiger partial charge in [0.2, 0.25) is 0 Å². The number of fused-ring (bicyclic) bond motifs is 3. The quantitative estimate of drug-likeness (QED) is 0.161. The Morgan fingerprint density at radius 2 is 0.977 bits per heavy atom. The van der Waals surface area contributed by atoms with Crippen LogP contribution in [0.5, 0.6) is 11.5 Å². The van der Waals surface area contributed by atoms with Gasteiger partial charge in [-0.1, -0.05) is 37.4 Å². The van der Waals surface area contributed by atoms with E-state index in [1.807, 2.05) is 0 Å². The number of esters is 4. The summed E-state index contributed by atoms with van der Waals surface area (Å²) < 4.78 is 33.5. The van der Waals surface area contributed by atoms with Crippen LogP contribution in [0, 0.1) is 0 Å². The van der Waals surface area contributed by atoms with Crippen LogP contribution in [0.3, 0.4) is 0 Å². The lowest BCUT2D eigenvalue weighted by molar-refractivity contribution is -0.129. The highest BCUT2D eigenvalue weighted by Gasteiger charge is 2.51. The number of benzene rings is 4. The third kappa shape index (κ3) is 5.94. The van der Waals surface area contributed by atoms with Crippen molar-refractivity contribution < 1.29 is 47.6 Å². The molecule has 10 nitrogen and oxygen atoms in total. The smallest absolute Gasteiger partial charge is 0.338 e. The summed E-state index contributed by atoms with van der Waals surface area (Å²) in [6.07, 6.45) is -0.388. The summed E-state index contributed by atoms with van der Waals surface area (Å²) in [5, 5.41) is 3.06. The Balaban J connectivity index is 1.07. The molecule has 0 radical (unpaired) electrons. The van der Waals surface area contributed by atoms with E-state index in [-0.39, 0.29) is 13.2 Å². The Hall–Kier alpha value is -5.32. The first-order valence-electron chi connectivity index (χ1n) is 13.7. The molecule has 6 rings (SSSR count). The molecule has 2 aliphatic heterocycles. The third-order valence-corrected chi connectivity index (χ3v) is 7.34. The van der Waals surface area contributed by atoms with Crippen molar-refractivity contribution in [2.45, 2.75) is 24.4 Å². The predicted octanol–water partition coefficient (Wildman–Crippen LogP) is 4.72. The van der Waals surface area contributed by atoms with Crippen LogP contribution in [0.1, 0.15) is 20.7 Å². The number of ether oxygens (including phenoxy) is 6. The van der Waals surface area contributed by atoms with Crippen molar-refractivity contribution in [2.75, 3.05) is 13.2 Å². The number of hydrogen-bond donors (Lipinski definition) is 0. The Kier molecular flexibility index (Phi) is 7.93. The van der Waals surface area contributed by atoms with Crippen molar-refractivity contribution in [3.63, 3.8) is 0 Å². The van der Waals surface area contributed by atoms with Crippen LogP contribution in [0.25, 0.3) is 21.5 Å². The fourth-order valence-electron chi connectivity index (χ4n) is 5.19. The van der Waals surface area contributed by atoms with Crippen molar-refractivity contribution in [2.24, 2.45) is 0 Å². The molecule has 44 heavy (non-hydrogen) atoms. The van der Waals surface area contributed by atoms with Gasteiger partial charge in [-0.25, -0.2) is 19.2 Å². The largest absolute Gasteiger partial charge is 0.453 e. The molecule has 4 atom stereocenters. The second-order valence-electron chi connectivity index (χ2n) is 10.2. The highest BCUT2D eigenvalue weighted by molar-refractivity contribution is 5.97. The molecule has 2 fully saturated rings. The molecule has 4 aromatic carbocycles. The molecule has 0 saturated carbocycles. The standard InChI is InChI=1S/C34H26O10/c1-3-29(35)41-25-11-9-19-13-23(7-5-21(19)15-25)33(37)43-27-17-39-32-28(18-40-31(27)32)44-34(38)24-8-6-22-16-26(42-30(36)4-2)12-10-20(22)14-24/h3-16,27-28,31-32H,1-2,17-18H2/t27-,28+,31-,32-/m1/s1. The van der Waals surface area contributed by atoms with Crippen molar-refractivity contribution in [1.82, 2.24) is 0 Å². The summed E-state index contributed by atoms with van der Waals surface area (Å²) in [4.78, 5) is 48.9. The van der Waals surface area contributed by atoms with E-state index in [1.165, 1.54) is 0 Å². The summed E-state index contributed by atoms with van der Waals surface area (Å²) in [6.45, 7) is 6.95. The number of hydrogen-bond acceptors (Lipinski definition) is 10. The normalized spacial score (nSPS) is 20.5. The molecule has 222 valence electrons. The van der Waals surface area contributed by atoms with E-state index in [0.29, 0.717) is 22.6 Å². The number of carbonyl (C=O) groups excluding carboxylic acids is 4. The summed E-state index contributed by atoms with van der Waals surface area (Å²) in [5.74, 6) is -1.50. The Bertz CT molecular complexity index is 1690. The topological polar surface area (TPSA) is 124 Å². The molecule has 0 unspecified atom stereocenters. The monoisotopic (exact) mass is 594 g/mol. The third-order valence-electron chi connectivity index (χ3n) is 7.34. The van der Waals surface area contributed by atoms with Crippen molar-refractivity contribution in [3.8, 4) is 11.5 Å². The average molecular weight is 595 g/mol. The molecule has 0 aliphatic carbocycles. The average Bonchev–Trinajstić information content (AvgIpc) is 3.63. The van der Waals surface area contributed by atoms with Crippen LogP contribution >= 0.6 is 0 Å². The minimum Gasteiger partial charge on any atom is -0.453 e. The summed E-state index contributed by atoms with van der Waals surface area (Å²) >= 11 is 0. The van der Waals surface area contributed by atoms with E-state index < -0.39 is 48.3 Å². The van der Waals surface area contributed by atoms with E-state index >= 15 is 0 Å². The lowest BCUT2D eigenvalue weighted by Crippen LogP contribution is -2.36. The van der Waals surface area contributed by atoms with E-state index in [1.54, 1.807) is 72.8 Å². The summed E-state index contributed by atoms with van der Waals surface area (Å²) in [7, 11) is 0. The van der Waals surface area contributed by atoms with Crippen LogP contribution in [0.2, 0.25) is 0 Å². The summed E-state index contributed by atoms with van der Waals surface area (Å²) in [6, 6.07) is 20.2. The number of carbonyl (C=O) groups is 4. The minimum atomic E-state index is -0.683. The SMILES string of the molecule is C=CC(=O)Oc1ccc2cc(C(=O)O[C@H]3CO[C@H]4[C@@H]3OC[C@H]4OC(=O)c3ccc4cc(OC(=O)C=C)ccc4c3)ccc2c1. The molecular formula is C34H26O10. The first kappa shape index (κ1) is 28.8. The second-order valence-corrected chi connectivity index (χ2v) is 10.2. The maximum Gasteiger partial charge on any atom is 0.338 e. The molecule has 0 N–H and O–H groups in total. The van der Waals surface area contributed by atoms with Gasteiger partial charge in [0.25, 0.3) is 0 Å². The molecule has 2 heterocycles. The highest BCUT2D eigenvalue weighted by Crippen LogP contribution is 2.32. The minimum absolute atomic E-state index is 0.0927. The van der Waals surface area contributed by atoms with Crippen molar-refractivity contribution >= 4 is 45.4 Å². The van der Waals surface area contributed by atoms with Gasteiger partial charge in [0.15, 0.2) is 12.2 Å². The Labute approximate surface area is 251 Å². The van der Waals surface area contributed by atoms with Gasteiger partial charge in [-0.05, 0) is 70.1 Å². The second kappa shape index (κ2) is 12.1. The molecular weight excluding hydrogens is 568 g/mol. The fraction of sp³-hybridized carbons (Fsp3) is 0.176. The van der Waals surface area contributed by atoms with E-state index in [2.05, 4.69) is 13.2 Å². The molecule has 10 heteroatoms. The molecule has 4 aromatic rings. The summed E-state index contributed by atoms with van der Waals surface area (Å²) in [5.41, 5.74) is 0.667. The van der Waals surface area contributed by atoms with Crippen molar-refractivity contribution in [1.29, 1.82) is 0 Å². The Morgan fingerprint density at radius 1 is 0.591 bits per heavy atom. The molecule has 2 aliphatic rings. The van der Waals surface area contributed by atoms with E-state index in [4.69, 9.17) is 28.4 Å². The zero-order valence-corrected chi connectivity index (χ0v) is 23.3. The molecule has 0 bridgehead atoms. The van der Waals surface area contributed by atoms with Crippen LogP contribution in [-0.4, -0.2) is 61.5 Å². The van der Waals surface area contributed by atoms with Gasteiger partial charge in [0, 0.05) is 12.2 Å². The van der Waals surface area contributed by atoms with Gasteiger partial charge < -0.3 is 28.4 Å². The lowest BCUT2D eigenvalue weighted by atomic mass is 10.1. The van der Waals surface area contributed by atoms with Crippen LogP contribution in [0.4, 0.5) is 0 Å². The maximum atomic E-state index is 13.0. The lowest BCUT2D eigenvalue weighted by Gasteiger charge is -2.17. The molecule has 2 saturated heterocycles. The van der Waals surface area contributed by atoms with Crippen LogP contribution in [0.15, 0.2) is 98.1 Å². The molecule has 0 amide bonds. The van der Waals surface area contributed by atoms with Crippen LogP contribution < -0.4 is 9.47 Å². The van der Waals surface area contributed by atoms with Gasteiger partial charge in [-0.15, -0.1) is 0 Å². The van der Waals surface area contributed by atoms with Gasteiger partial charge in [-0.2, -0.15) is 0 Å². The predicted molar refractivity (Wildman–Crippen MR) is 157 cm³/mol. The first-order chi connectivity index (χ1) is 21.3. The van der Waals surface area contributed by atoms with Gasteiger partial charge >= 0.3 is 23.9 Å². The molecule has 0 spiro atoms. The number of rotatable bonds is 8. The first-order valence-corrected chi connectivity index (χ1v) is 13.7. The zero-order valence-electron chi connectivity index (χ0n) is 23.3. The zero-order chi connectivity index (χ0) is 30.8. The van der Waals surface area contributed by atoms with E-state index in [9.17, 15) is 19.2 Å². The highest BCUT2D eigenvalue weighted by atomic mass is 16.7. The van der Waals surface area contributed by atoms with Crippen LogP contribution in [-0.2, 0) is 28.5 Å². The van der Waals surface area contributed by atoms with Crippen molar-refractivity contribution in [3.05, 3.63) is 109 Å². The van der Waals surface area contributed by atoms with Gasteiger partial charge in [0.05, 0.1) is 24.3 Å². The maximum absolute atomic E-state index is 13.0. The van der Waals surface area contributed by atoms with E-state index in [0.717, 1.165) is 33.7 Å².